The maximum atomic E-state index is 9.13. The van der Waals surface area contributed by atoms with Crippen molar-refractivity contribution in [2.24, 2.45) is 0 Å². The first kappa shape index (κ1) is 8.81. The fourth-order valence-electron chi connectivity index (χ4n) is 1.34. The highest BCUT2D eigenvalue weighted by Crippen LogP contribution is 2.20. The molecule has 0 atom stereocenters. The third-order valence-corrected chi connectivity index (χ3v) is 2.16. The molecule has 2 rings (SSSR count). The van der Waals surface area contributed by atoms with E-state index in [1.807, 2.05) is 36.1 Å². The maximum absolute atomic E-state index is 9.13. The minimum absolute atomic E-state index is 0.289. The van der Waals surface area contributed by atoms with Gasteiger partial charge in [-0.05, 0) is 24.6 Å². The van der Waals surface area contributed by atoms with Crippen molar-refractivity contribution in [1.82, 2.24) is 9.78 Å². The van der Waals surface area contributed by atoms with Crippen molar-refractivity contribution >= 4 is 0 Å². The van der Waals surface area contributed by atoms with Gasteiger partial charge in [0.15, 0.2) is 0 Å². The van der Waals surface area contributed by atoms with Crippen LogP contribution >= 0.6 is 0 Å². The summed E-state index contributed by atoms with van der Waals surface area (Å²) in [6.45, 7) is 2.92. The Hall–Kier alpha value is -1.77. The summed E-state index contributed by atoms with van der Waals surface area (Å²) >= 11 is 0. The van der Waals surface area contributed by atoms with Gasteiger partial charge in [0.1, 0.15) is 5.75 Å². The van der Waals surface area contributed by atoms with Crippen LogP contribution in [0.1, 0.15) is 6.92 Å². The van der Waals surface area contributed by atoms with E-state index in [1.165, 1.54) is 0 Å². The number of benzene rings is 1. The van der Waals surface area contributed by atoms with Crippen molar-refractivity contribution < 1.29 is 5.11 Å². The smallest absolute Gasteiger partial charge is 0.115 e. The highest BCUT2D eigenvalue weighted by molar-refractivity contribution is 5.62. The van der Waals surface area contributed by atoms with Gasteiger partial charge in [-0.15, -0.1) is 0 Å². The number of nitrogens with zero attached hydrogens (tertiary/aromatic N) is 2. The van der Waals surface area contributed by atoms with E-state index in [1.54, 1.807) is 12.1 Å². The molecular weight excluding hydrogens is 176 g/mol. The Balaban J connectivity index is 2.34. The van der Waals surface area contributed by atoms with Crippen LogP contribution in [0.15, 0.2) is 36.7 Å². The zero-order valence-corrected chi connectivity index (χ0v) is 8.01. The largest absolute Gasteiger partial charge is 0.508 e. The van der Waals surface area contributed by atoms with Crippen LogP contribution in [0.5, 0.6) is 5.75 Å². The molecule has 14 heavy (non-hydrogen) atoms. The van der Waals surface area contributed by atoms with Crippen molar-refractivity contribution in [3.63, 3.8) is 0 Å². The van der Waals surface area contributed by atoms with Gasteiger partial charge in [-0.25, -0.2) is 0 Å². The molecule has 0 saturated carbocycles. The van der Waals surface area contributed by atoms with Crippen LogP contribution in [-0.2, 0) is 6.54 Å². The zero-order chi connectivity index (χ0) is 9.97. The molecule has 0 unspecified atom stereocenters. The highest BCUT2D eigenvalue weighted by Gasteiger charge is 2.00. The Morgan fingerprint density at radius 3 is 2.50 bits per heavy atom. The van der Waals surface area contributed by atoms with Crippen molar-refractivity contribution in [2.45, 2.75) is 13.5 Å². The van der Waals surface area contributed by atoms with Gasteiger partial charge in [0.25, 0.3) is 0 Å². The second-order valence-corrected chi connectivity index (χ2v) is 3.13. The molecule has 0 aliphatic heterocycles. The summed E-state index contributed by atoms with van der Waals surface area (Å²) in [5.41, 5.74) is 2.15. The Kier molecular flexibility index (Phi) is 2.23. The number of hydrogen-bond donors (Lipinski definition) is 1. The van der Waals surface area contributed by atoms with E-state index in [4.69, 9.17) is 5.11 Å². The lowest BCUT2D eigenvalue weighted by Gasteiger charge is -1.96. The van der Waals surface area contributed by atoms with E-state index in [0.717, 1.165) is 17.7 Å². The average molecular weight is 188 g/mol. The number of aryl methyl sites for hydroxylation is 1. The molecule has 0 fully saturated rings. The Morgan fingerprint density at radius 2 is 1.93 bits per heavy atom. The number of aromatic nitrogens is 2. The lowest BCUT2D eigenvalue weighted by atomic mass is 10.1. The van der Waals surface area contributed by atoms with E-state index < -0.39 is 0 Å². The molecule has 3 heteroatoms. The lowest BCUT2D eigenvalue weighted by molar-refractivity contribution is 0.475. The standard InChI is InChI=1S/C11H12N2O/c1-2-13-8-10(7-12-13)9-3-5-11(14)6-4-9/h3-8,14H,2H2,1H3. The lowest BCUT2D eigenvalue weighted by Crippen LogP contribution is -1.91. The first-order valence-corrected chi connectivity index (χ1v) is 4.61. The number of phenolic OH excluding ortho intramolecular Hbond substituents is 1. The predicted octanol–water partition coefficient (Wildman–Crippen LogP) is 2.28. The molecule has 0 aliphatic rings. The molecule has 0 aliphatic carbocycles. The fraction of sp³-hybridized carbons (Fsp3) is 0.182. The Labute approximate surface area is 82.6 Å². The molecule has 3 nitrogen and oxygen atoms in total. The topological polar surface area (TPSA) is 38.0 Å². The second kappa shape index (κ2) is 3.54. The van der Waals surface area contributed by atoms with E-state index in [-0.39, 0.29) is 5.75 Å². The summed E-state index contributed by atoms with van der Waals surface area (Å²) in [6, 6.07) is 7.12. The van der Waals surface area contributed by atoms with E-state index in [9.17, 15) is 0 Å². The third kappa shape index (κ3) is 1.62. The number of phenols is 1. The molecule has 1 aromatic heterocycles. The van der Waals surface area contributed by atoms with E-state index in [2.05, 4.69) is 5.10 Å². The molecule has 1 aromatic carbocycles. The molecule has 0 amide bonds. The molecule has 1 heterocycles. The van der Waals surface area contributed by atoms with Crippen LogP contribution in [0.3, 0.4) is 0 Å². The summed E-state index contributed by atoms with van der Waals surface area (Å²) in [6.07, 6.45) is 3.82. The third-order valence-electron chi connectivity index (χ3n) is 2.16. The maximum Gasteiger partial charge on any atom is 0.115 e. The van der Waals surface area contributed by atoms with Crippen molar-refractivity contribution in [2.75, 3.05) is 0 Å². The normalized spacial score (nSPS) is 10.4. The van der Waals surface area contributed by atoms with Crippen LogP contribution in [0.2, 0.25) is 0 Å². The fourth-order valence-corrected chi connectivity index (χ4v) is 1.34. The van der Waals surface area contributed by atoms with Gasteiger partial charge in [0.2, 0.25) is 0 Å². The van der Waals surface area contributed by atoms with Gasteiger partial charge in [-0.1, -0.05) is 12.1 Å². The van der Waals surface area contributed by atoms with Crippen LogP contribution in [0.4, 0.5) is 0 Å². The van der Waals surface area contributed by atoms with Crippen LogP contribution in [0.25, 0.3) is 11.1 Å². The molecule has 0 saturated heterocycles. The quantitative estimate of drug-likeness (QED) is 0.785. The molecule has 0 bridgehead atoms. The van der Waals surface area contributed by atoms with E-state index in [0.29, 0.717) is 0 Å². The summed E-state index contributed by atoms with van der Waals surface area (Å²) in [4.78, 5) is 0. The minimum Gasteiger partial charge on any atom is -0.508 e. The van der Waals surface area contributed by atoms with Gasteiger partial charge in [-0.3, -0.25) is 4.68 Å². The van der Waals surface area contributed by atoms with Crippen LogP contribution in [-0.4, -0.2) is 14.9 Å². The zero-order valence-electron chi connectivity index (χ0n) is 8.01. The summed E-state index contributed by atoms with van der Waals surface area (Å²) in [5.74, 6) is 0.289. The van der Waals surface area contributed by atoms with E-state index >= 15 is 0 Å². The van der Waals surface area contributed by atoms with Gasteiger partial charge >= 0.3 is 0 Å². The van der Waals surface area contributed by atoms with Gasteiger partial charge < -0.3 is 5.11 Å². The second-order valence-electron chi connectivity index (χ2n) is 3.13. The minimum atomic E-state index is 0.289. The van der Waals surface area contributed by atoms with Crippen LogP contribution in [0, 0.1) is 0 Å². The molecule has 0 radical (unpaired) electrons. The molecule has 72 valence electrons. The monoisotopic (exact) mass is 188 g/mol. The first-order chi connectivity index (χ1) is 6.79. The van der Waals surface area contributed by atoms with Crippen molar-refractivity contribution in [3.05, 3.63) is 36.7 Å². The summed E-state index contributed by atoms with van der Waals surface area (Å²) < 4.78 is 1.88. The predicted molar refractivity (Wildman–Crippen MR) is 55.0 cm³/mol. The summed E-state index contributed by atoms with van der Waals surface area (Å²) in [7, 11) is 0. The average Bonchev–Trinajstić information content (AvgIpc) is 2.67. The molecule has 1 N–H and O–H groups in total. The summed E-state index contributed by atoms with van der Waals surface area (Å²) in [5, 5.41) is 13.3. The Bertz CT molecular complexity index is 417. The molecule has 2 aromatic rings. The van der Waals surface area contributed by atoms with Crippen molar-refractivity contribution in [3.8, 4) is 16.9 Å². The van der Waals surface area contributed by atoms with Gasteiger partial charge in [0.05, 0.1) is 6.20 Å². The first-order valence-electron chi connectivity index (χ1n) is 4.61. The van der Waals surface area contributed by atoms with Gasteiger partial charge in [0, 0.05) is 18.3 Å². The number of hydrogen-bond acceptors (Lipinski definition) is 2. The van der Waals surface area contributed by atoms with Crippen LogP contribution < -0.4 is 0 Å². The molecule has 0 spiro atoms. The SMILES string of the molecule is CCn1cc(-c2ccc(O)cc2)cn1. The number of rotatable bonds is 2. The Morgan fingerprint density at radius 1 is 1.21 bits per heavy atom. The van der Waals surface area contributed by atoms with Crippen molar-refractivity contribution in [1.29, 1.82) is 0 Å². The van der Waals surface area contributed by atoms with Gasteiger partial charge in [-0.2, -0.15) is 5.10 Å². The highest BCUT2D eigenvalue weighted by atomic mass is 16.3. The number of aromatic hydroxyl groups is 1. The molecular formula is C11H12N2O.